The maximum Gasteiger partial charge on any atom is 0.178 e. The van der Waals surface area contributed by atoms with Crippen molar-refractivity contribution in [3.05, 3.63) is 119 Å². The van der Waals surface area contributed by atoms with Crippen molar-refractivity contribution < 1.29 is 23.7 Å². The van der Waals surface area contributed by atoms with Crippen LogP contribution in [0.5, 0.6) is 28.7 Å². The zero-order chi connectivity index (χ0) is 31.3. The van der Waals surface area contributed by atoms with Crippen molar-refractivity contribution in [2.75, 3.05) is 28.4 Å². The first kappa shape index (κ1) is 28.8. The highest BCUT2D eigenvalue weighted by Gasteiger charge is 2.47. The van der Waals surface area contributed by atoms with Gasteiger partial charge in [-0.2, -0.15) is 0 Å². The summed E-state index contributed by atoms with van der Waals surface area (Å²) in [4.78, 5) is 0. The maximum atomic E-state index is 7.45. The highest BCUT2D eigenvalue weighted by Crippen LogP contribution is 2.61. The van der Waals surface area contributed by atoms with E-state index in [1.54, 1.807) is 28.4 Å². The monoisotopic (exact) mass is 598 g/mol. The van der Waals surface area contributed by atoms with Gasteiger partial charge in [-0.1, -0.05) is 50.3 Å². The van der Waals surface area contributed by atoms with Crippen LogP contribution >= 0.6 is 0 Å². The molecule has 0 bridgehead atoms. The van der Waals surface area contributed by atoms with Crippen molar-refractivity contribution >= 4 is 16.8 Å². The summed E-state index contributed by atoms with van der Waals surface area (Å²) in [5, 5.41) is 2.16. The minimum Gasteiger partial charge on any atom is -0.497 e. The third kappa shape index (κ3) is 4.13. The first-order valence-electron chi connectivity index (χ1n) is 15.5. The Morgan fingerprint density at radius 2 is 1.13 bits per heavy atom. The first-order valence-corrected chi connectivity index (χ1v) is 15.5. The Hall–Kier alpha value is -4.90. The molecular formula is C40H38O5. The number of benzene rings is 5. The van der Waals surface area contributed by atoms with Crippen LogP contribution < -0.4 is 23.7 Å². The van der Waals surface area contributed by atoms with Crippen LogP contribution in [0.15, 0.2) is 91.0 Å². The van der Waals surface area contributed by atoms with Gasteiger partial charge in [0.2, 0.25) is 0 Å². The van der Waals surface area contributed by atoms with E-state index < -0.39 is 5.60 Å². The van der Waals surface area contributed by atoms with E-state index in [4.69, 9.17) is 23.7 Å². The van der Waals surface area contributed by atoms with E-state index in [-0.39, 0.29) is 5.41 Å². The molecule has 7 rings (SSSR count). The molecule has 1 aliphatic heterocycles. The predicted molar refractivity (Wildman–Crippen MR) is 180 cm³/mol. The fourth-order valence-electron chi connectivity index (χ4n) is 7.56. The standard InChI is InChI=1S/C40H38O5/c1-7-39(8-2)35-24-30(44-6)18-20-32(35)36-31-19-17-29(43-5)23-34(31)38-33(37(36)39)21-22-40(45-38,25-9-13-27(41-3)14-10-25)26-11-15-28(42-4)16-12-26/h9-24H,7-8H2,1-6H3. The van der Waals surface area contributed by atoms with Crippen molar-refractivity contribution in [2.45, 2.75) is 37.7 Å². The number of hydrogen-bond acceptors (Lipinski definition) is 5. The lowest BCUT2D eigenvalue weighted by molar-refractivity contribution is 0.163. The third-order valence-corrected chi connectivity index (χ3v) is 9.99. The molecule has 0 aromatic heterocycles. The van der Waals surface area contributed by atoms with Crippen molar-refractivity contribution in [3.8, 4) is 39.9 Å². The first-order chi connectivity index (χ1) is 22.0. The molecule has 1 aliphatic carbocycles. The molecule has 5 nitrogen and oxygen atoms in total. The largest absolute Gasteiger partial charge is 0.497 e. The molecule has 0 saturated carbocycles. The van der Waals surface area contributed by atoms with Gasteiger partial charge in [0, 0.05) is 27.5 Å². The van der Waals surface area contributed by atoms with Gasteiger partial charge in [-0.25, -0.2) is 0 Å². The zero-order valence-electron chi connectivity index (χ0n) is 26.7. The fourth-order valence-corrected chi connectivity index (χ4v) is 7.56. The van der Waals surface area contributed by atoms with E-state index in [1.807, 2.05) is 24.3 Å². The molecule has 0 N–H and O–H groups in total. The lowest BCUT2D eigenvalue weighted by Gasteiger charge is -2.39. The number of fused-ring (bicyclic) bond motifs is 8. The minimum absolute atomic E-state index is 0.203. The van der Waals surface area contributed by atoms with Gasteiger partial charge in [0.05, 0.1) is 28.4 Å². The maximum absolute atomic E-state index is 7.45. The summed E-state index contributed by atoms with van der Waals surface area (Å²) in [5.74, 6) is 4.09. The summed E-state index contributed by atoms with van der Waals surface area (Å²) in [5.41, 5.74) is 7.15. The molecule has 0 atom stereocenters. The number of methoxy groups -OCH3 is 4. The molecule has 45 heavy (non-hydrogen) atoms. The Morgan fingerprint density at radius 3 is 1.69 bits per heavy atom. The van der Waals surface area contributed by atoms with Gasteiger partial charge < -0.3 is 23.7 Å². The van der Waals surface area contributed by atoms with E-state index in [2.05, 4.69) is 86.7 Å². The number of hydrogen-bond donors (Lipinski definition) is 0. The summed E-state index contributed by atoms with van der Waals surface area (Å²) >= 11 is 0. The highest BCUT2D eigenvalue weighted by molar-refractivity contribution is 6.09. The van der Waals surface area contributed by atoms with Crippen molar-refractivity contribution in [1.29, 1.82) is 0 Å². The molecule has 0 unspecified atom stereocenters. The molecule has 0 saturated heterocycles. The second-order valence-corrected chi connectivity index (χ2v) is 11.7. The van der Waals surface area contributed by atoms with Crippen LogP contribution in [0.3, 0.4) is 0 Å². The van der Waals surface area contributed by atoms with Gasteiger partial charge in [0.15, 0.2) is 5.60 Å². The summed E-state index contributed by atoms with van der Waals surface area (Å²) in [6.07, 6.45) is 6.39. The molecule has 0 radical (unpaired) electrons. The van der Waals surface area contributed by atoms with Gasteiger partial charge in [-0.05, 0) is 101 Å². The average Bonchev–Trinajstić information content (AvgIpc) is 3.41. The van der Waals surface area contributed by atoms with Gasteiger partial charge >= 0.3 is 0 Å². The smallest absolute Gasteiger partial charge is 0.178 e. The van der Waals surface area contributed by atoms with Crippen molar-refractivity contribution in [2.24, 2.45) is 0 Å². The van der Waals surface area contributed by atoms with E-state index in [1.165, 1.54) is 22.3 Å². The lowest BCUT2D eigenvalue weighted by atomic mass is 9.71. The van der Waals surface area contributed by atoms with Crippen LogP contribution in [0, 0.1) is 0 Å². The van der Waals surface area contributed by atoms with Crippen LogP contribution in [0.25, 0.3) is 28.0 Å². The van der Waals surface area contributed by atoms with Crippen LogP contribution in [0.4, 0.5) is 0 Å². The Balaban J connectivity index is 1.56. The van der Waals surface area contributed by atoms with Gasteiger partial charge in [0.1, 0.15) is 28.7 Å². The molecule has 5 aromatic carbocycles. The summed E-state index contributed by atoms with van der Waals surface area (Å²) in [6, 6.07) is 29.2. The van der Waals surface area contributed by atoms with E-state index in [0.29, 0.717) is 0 Å². The molecular weight excluding hydrogens is 560 g/mol. The predicted octanol–water partition coefficient (Wildman–Crippen LogP) is 9.31. The molecule has 1 heterocycles. The second kappa shape index (κ2) is 10.9. The second-order valence-electron chi connectivity index (χ2n) is 11.7. The Labute approximate surface area is 265 Å². The average molecular weight is 599 g/mol. The Morgan fingerprint density at radius 1 is 0.600 bits per heavy atom. The van der Waals surface area contributed by atoms with Gasteiger partial charge in [-0.3, -0.25) is 0 Å². The van der Waals surface area contributed by atoms with Crippen LogP contribution in [-0.2, 0) is 11.0 Å². The lowest BCUT2D eigenvalue weighted by Crippen LogP contribution is -2.35. The third-order valence-electron chi connectivity index (χ3n) is 9.99. The number of ether oxygens (including phenoxy) is 5. The van der Waals surface area contributed by atoms with Gasteiger partial charge in [-0.15, -0.1) is 0 Å². The summed E-state index contributed by atoms with van der Waals surface area (Å²) in [6.45, 7) is 4.58. The normalized spacial score (nSPS) is 15.1. The molecule has 2 aliphatic rings. The topological polar surface area (TPSA) is 46.2 Å². The molecule has 0 spiro atoms. The zero-order valence-corrected chi connectivity index (χ0v) is 26.7. The molecule has 0 amide bonds. The highest BCUT2D eigenvalue weighted by atomic mass is 16.5. The van der Waals surface area contributed by atoms with Crippen molar-refractivity contribution in [1.82, 2.24) is 0 Å². The van der Waals surface area contributed by atoms with E-state index >= 15 is 0 Å². The molecule has 228 valence electrons. The Kier molecular flexibility index (Phi) is 7.00. The fraction of sp³-hybridized carbons (Fsp3) is 0.250. The van der Waals surface area contributed by atoms with E-state index in [0.717, 1.165) is 69.1 Å². The molecule has 5 heteroatoms. The minimum atomic E-state index is -0.897. The SMILES string of the molecule is CCC1(CC)c2cc(OC)ccc2-c2c1c1c(c3cc(OC)ccc23)OC(c2ccc(OC)cc2)(c2ccc(OC)cc2)C=C1. The number of rotatable bonds is 8. The Bertz CT molecular complexity index is 1880. The quantitative estimate of drug-likeness (QED) is 0.178. The molecule has 5 aromatic rings. The van der Waals surface area contributed by atoms with E-state index in [9.17, 15) is 0 Å². The van der Waals surface area contributed by atoms with Crippen LogP contribution in [0.2, 0.25) is 0 Å². The van der Waals surface area contributed by atoms with Crippen molar-refractivity contribution in [3.63, 3.8) is 0 Å². The summed E-state index contributed by atoms with van der Waals surface area (Å²) < 4.78 is 30.0. The van der Waals surface area contributed by atoms with Gasteiger partial charge in [0.25, 0.3) is 0 Å². The van der Waals surface area contributed by atoms with Crippen LogP contribution in [0.1, 0.15) is 54.5 Å². The molecule has 0 fully saturated rings. The summed E-state index contributed by atoms with van der Waals surface area (Å²) in [7, 11) is 6.81. The van der Waals surface area contributed by atoms with Crippen LogP contribution in [-0.4, -0.2) is 28.4 Å².